The van der Waals surface area contributed by atoms with E-state index in [9.17, 15) is 9.59 Å². The number of carbonyl (C=O) groups excluding carboxylic acids is 2. The van der Waals surface area contributed by atoms with E-state index in [0.29, 0.717) is 41.1 Å². The Morgan fingerprint density at radius 3 is 2.34 bits per heavy atom. The number of thioether (sulfide) groups is 1. The number of fused-ring (bicyclic) bond motifs is 1. The largest absolute Gasteiger partial charge is 0.493 e. The summed E-state index contributed by atoms with van der Waals surface area (Å²) in [5, 5.41) is 5.59. The quantitative estimate of drug-likeness (QED) is 0.312. The molecule has 0 bridgehead atoms. The Balaban J connectivity index is 1.42. The molecule has 8 nitrogen and oxygen atoms in total. The van der Waals surface area contributed by atoms with Gasteiger partial charge in [-0.1, -0.05) is 78.5 Å². The molecular weight excluding hydrogens is 538 g/mol. The summed E-state index contributed by atoms with van der Waals surface area (Å²) in [6, 6.07) is 24.7. The molecule has 5 rings (SSSR count). The van der Waals surface area contributed by atoms with Crippen molar-refractivity contribution in [1.82, 2.24) is 10.2 Å². The van der Waals surface area contributed by atoms with E-state index in [4.69, 9.17) is 14.2 Å². The fourth-order valence-electron chi connectivity index (χ4n) is 4.79. The van der Waals surface area contributed by atoms with E-state index in [1.807, 2.05) is 89.2 Å². The number of benzene rings is 3. The van der Waals surface area contributed by atoms with Gasteiger partial charge in [0.25, 0.3) is 0 Å². The molecule has 1 amide bonds. The minimum atomic E-state index is -0.574. The summed E-state index contributed by atoms with van der Waals surface area (Å²) in [7, 11) is 2.94. The van der Waals surface area contributed by atoms with Crippen molar-refractivity contribution in [2.45, 2.75) is 32.5 Å². The highest BCUT2D eigenvalue weighted by Gasteiger charge is 2.41. The number of nitrogens with zero attached hydrogens (tertiary/aromatic N) is 2. The first-order valence-electron chi connectivity index (χ1n) is 13.2. The smallest absolute Gasteiger partial charge is 0.338 e. The second-order valence-corrected chi connectivity index (χ2v) is 10.3. The number of esters is 1. The molecule has 2 heterocycles. The second kappa shape index (κ2) is 12.8. The zero-order valence-corrected chi connectivity index (χ0v) is 23.9. The van der Waals surface area contributed by atoms with Crippen LogP contribution in [-0.4, -0.2) is 36.2 Å². The van der Waals surface area contributed by atoms with Gasteiger partial charge in [0.15, 0.2) is 16.7 Å². The van der Waals surface area contributed by atoms with Crippen LogP contribution in [0.2, 0.25) is 0 Å². The molecule has 0 saturated heterocycles. The summed E-state index contributed by atoms with van der Waals surface area (Å²) in [5.41, 5.74) is 4.52. The van der Waals surface area contributed by atoms with Crippen molar-refractivity contribution in [1.29, 1.82) is 0 Å². The van der Waals surface area contributed by atoms with Gasteiger partial charge in [-0.05, 0) is 41.2 Å². The lowest BCUT2D eigenvalue weighted by atomic mass is 9.93. The molecule has 41 heavy (non-hydrogen) atoms. The lowest BCUT2D eigenvalue weighted by Gasteiger charge is -2.36. The van der Waals surface area contributed by atoms with Crippen LogP contribution in [0.25, 0.3) is 0 Å². The van der Waals surface area contributed by atoms with Crippen molar-refractivity contribution >= 4 is 28.8 Å². The Hall–Kier alpha value is -4.50. The van der Waals surface area contributed by atoms with Gasteiger partial charge in [0, 0.05) is 12.2 Å². The molecule has 0 aromatic heterocycles. The van der Waals surface area contributed by atoms with Gasteiger partial charge in [0.1, 0.15) is 6.61 Å². The number of amides is 1. The van der Waals surface area contributed by atoms with Gasteiger partial charge in [-0.15, -0.1) is 0 Å². The number of hydrogen-bond donors (Lipinski definition) is 1. The first-order chi connectivity index (χ1) is 20.0. The Kier molecular flexibility index (Phi) is 8.74. The molecular formula is C32H31N3O5S. The van der Waals surface area contributed by atoms with Crippen LogP contribution >= 0.6 is 11.8 Å². The molecule has 1 N–H and O–H groups in total. The molecule has 3 aromatic carbocycles. The molecule has 0 fully saturated rings. The number of aliphatic imine (C=N–C) groups is 1. The molecule has 3 aromatic rings. The van der Waals surface area contributed by atoms with E-state index in [-0.39, 0.29) is 12.3 Å². The molecule has 0 aliphatic carbocycles. The summed E-state index contributed by atoms with van der Waals surface area (Å²) in [4.78, 5) is 32.7. The van der Waals surface area contributed by atoms with Crippen molar-refractivity contribution in [3.8, 4) is 11.5 Å². The normalized spacial score (nSPS) is 16.0. The molecule has 0 radical (unpaired) electrons. The molecule has 0 spiro atoms. The first kappa shape index (κ1) is 28.0. The third-order valence-electron chi connectivity index (χ3n) is 6.82. The predicted octanol–water partition coefficient (Wildman–Crippen LogP) is 5.73. The maximum atomic E-state index is 13.1. The molecule has 210 valence electrons. The van der Waals surface area contributed by atoms with Gasteiger partial charge in [-0.3, -0.25) is 4.79 Å². The van der Waals surface area contributed by atoms with Crippen LogP contribution in [-0.2, 0) is 27.5 Å². The van der Waals surface area contributed by atoms with Gasteiger partial charge >= 0.3 is 5.97 Å². The second-order valence-electron chi connectivity index (χ2n) is 9.51. The molecule has 9 heteroatoms. The number of carbonyl (C=O) groups is 2. The summed E-state index contributed by atoms with van der Waals surface area (Å²) in [6.07, 6.45) is 0.123. The van der Waals surface area contributed by atoms with Crippen LogP contribution in [0.1, 0.15) is 36.1 Å². The highest BCUT2D eigenvalue weighted by molar-refractivity contribution is 8.16. The van der Waals surface area contributed by atoms with Crippen molar-refractivity contribution in [2.75, 3.05) is 14.2 Å². The van der Waals surface area contributed by atoms with Crippen LogP contribution in [0.5, 0.6) is 11.5 Å². The molecule has 0 saturated carbocycles. The fourth-order valence-corrected chi connectivity index (χ4v) is 5.75. The number of ether oxygens (including phenoxy) is 3. The van der Waals surface area contributed by atoms with Gasteiger partial charge < -0.3 is 24.4 Å². The van der Waals surface area contributed by atoms with Gasteiger partial charge in [0.05, 0.1) is 38.0 Å². The summed E-state index contributed by atoms with van der Waals surface area (Å²) >= 11 is 1.42. The van der Waals surface area contributed by atoms with Crippen LogP contribution in [0.15, 0.2) is 106 Å². The maximum Gasteiger partial charge on any atom is 0.338 e. The zero-order chi connectivity index (χ0) is 28.8. The van der Waals surface area contributed by atoms with E-state index in [1.54, 1.807) is 14.0 Å². The number of nitrogens with one attached hydrogen (secondary N) is 1. The van der Waals surface area contributed by atoms with Gasteiger partial charge in [0.2, 0.25) is 5.91 Å². The molecule has 1 atom stereocenters. The van der Waals surface area contributed by atoms with Crippen LogP contribution in [0.3, 0.4) is 0 Å². The number of amidine groups is 1. The SMILES string of the molecule is COC(=O)C1=C(C)N=C2SC=C(CC(=O)NCc3ccccc3)N2[C@H]1c1ccc(OCc2ccccc2)c(OC)c1. The van der Waals surface area contributed by atoms with Crippen molar-refractivity contribution in [2.24, 2.45) is 4.99 Å². The van der Waals surface area contributed by atoms with Crippen LogP contribution in [0, 0.1) is 0 Å². The van der Waals surface area contributed by atoms with E-state index in [1.165, 1.54) is 18.9 Å². The lowest BCUT2D eigenvalue weighted by Crippen LogP contribution is -2.37. The highest BCUT2D eigenvalue weighted by Crippen LogP contribution is 2.46. The zero-order valence-electron chi connectivity index (χ0n) is 23.1. The van der Waals surface area contributed by atoms with Crippen LogP contribution < -0.4 is 14.8 Å². The summed E-state index contributed by atoms with van der Waals surface area (Å²) < 4.78 is 16.9. The number of hydrogen-bond acceptors (Lipinski definition) is 8. The van der Waals surface area contributed by atoms with E-state index < -0.39 is 12.0 Å². The molecule has 2 aliphatic heterocycles. The predicted molar refractivity (Wildman–Crippen MR) is 159 cm³/mol. The topological polar surface area (TPSA) is 89.5 Å². The highest BCUT2D eigenvalue weighted by atomic mass is 32.2. The Morgan fingerprint density at radius 1 is 0.951 bits per heavy atom. The Labute approximate surface area is 243 Å². The summed E-state index contributed by atoms with van der Waals surface area (Å²) in [6.45, 7) is 2.61. The third-order valence-corrected chi connectivity index (χ3v) is 7.71. The summed E-state index contributed by atoms with van der Waals surface area (Å²) in [5.74, 6) is 0.497. The van der Waals surface area contributed by atoms with Gasteiger partial charge in [-0.2, -0.15) is 0 Å². The number of allylic oxidation sites excluding steroid dienone is 1. The standard InChI is InChI=1S/C32H31N3O5S/c1-21-29(31(37)39-3)30(24-14-15-26(27(16-24)38-2)40-19-23-12-8-5-9-13-23)35-25(20-41-32(35)34-21)17-28(36)33-18-22-10-6-4-7-11-22/h4-16,20,30H,17-19H2,1-3H3,(H,33,36)/t30-/m0/s1. The minimum Gasteiger partial charge on any atom is -0.493 e. The average Bonchev–Trinajstić information content (AvgIpc) is 3.40. The van der Waals surface area contributed by atoms with Crippen molar-refractivity contribution in [3.05, 3.63) is 118 Å². The number of methoxy groups -OCH3 is 2. The van der Waals surface area contributed by atoms with Gasteiger partial charge in [-0.25, -0.2) is 9.79 Å². The minimum absolute atomic E-state index is 0.123. The maximum absolute atomic E-state index is 13.1. The Morgan fingerprint density at radius 2 is 1.66 bits per heavy atom. The third kappa shape index (κ3) is 6.30. The van der Waals surface area contributed by atoms with E-state index in [2.05, 4.69) is 10.3 Å². The fraction of sp³-hybridized carbons (Fsp3) is 0.219. The first-order valence-corrected chi connectivity index (χ1v) is 14.0. The lowest BCUT2D eigenvalue weighted by molar-refractivity contribution is -0.136. The van der Waals surface area contributed by atoms with Crippen LogP contribution in [0.4, 0.5) is 0 Å². The Bertz CT molecular complexity index is 1520. The monoisotopic (exact) mass is 569 g/mol. The average molecular weight is 570 g/mol. The molecule has 0 unspecified atom stereocenters. The van der Waals surface area contributed by atoms with Crippen molar-refractivity contribution < 1.29 is 23.8 Å². The van der Waals surface area contributed by atoms with E-state index >= 15 is 0 Å². The van der Waals surface area contributed by atoms with E-state index in [0.717, 1.165) is 22.4 Å². The number of rotatable bonds is 10. The van der Waals surface area contributed by atoms with Crippen molar-refractivity contribution in [3.63, 3.8) is 0 Å². The molecule has 2 aliphatic rings.